The van der Waals surface area contributed by atoms with Crippen molar-refractivity contribution in [2.24, 2.45) is 0 Å². The Morgan fingerprint density at radius 1 is 0.862 bits per heavy atom. The molecule has 0 radical (unpaired) electrons. The van der Waals surface area contributed by atoms with Crippen LogP contribution >= 0.6 is 0 Å². The summed E-state index contributed by atoms with van der Waals surface area (Å²) in [5.74, 6) is 1.13. The molecule has 0 fully saturated rings. The minimum Gasteiger partial charge on any atom is -0.365 e. The number of benzene rings is 3. The van der Waals surface area contributed by atoms with Gasteiger partial charge in [-0.15, -0.1) is 0 Å². The lowest BCUT2D eigenvalue weighted by molar-refractivity contribution is -0.114. The summed E-state index contributed by atoms with van der Waals surface area (Å²) in [6.07, 6.45) is 0. The molecule has 6 heteroatoms. The molecule has 0 saturated carbocycles. The Balaban J connectivity index is 1.62. The number of para-hydroxylation sites is 1. The van der Waals surface area contributed by atoms with Gasteiger partial charge in [0.1, 0.15) is 5.82 Å². The van der Waals surface area contributed by atoms with Gasteiger partial charge in [-0.1, -0.05) is 48.5 Å². The zero-order chi connectivity index (χ0) is 20.1. The van der Waals surface area contributed by atoms with Crippen molar-refractivity contribution in [1.82, 2.24) is 9.97 Å². The smallest absolute Gasteiger partial charge is 0.229 e. The molecular weight excluding hydrogens is 362 g/mol. The van der Waals surface area contributed by atoms with E-state index in [0.29, 0.717) is 18.2 Å². The molecule has 0 unspecified atom stereocenters. The highest BCUT2D eigenvalue weighted by molar-refractivity contribution is 5.91. The number of fused-ring (bicyclic) bond motifs is 1. The summed E-state index contributed by atoms with van der Waals surface area (Å²) in [5.41, 5.74) is 3.53. The van der Waals surface area contributed by atoms with Gasteiger partial charge in [-0.05, 0) is 35.9 Å². The van der Waals surface area contributed by atoms with Crippen LogP contribution in [0.3, 0.4) is 0 Å². The van der Waals surface area contributed by atoms with E-state index in [-0.39, 0.29) is 5.91 Å². The third-order valence-corrected chi connectivity index (χ3v) is 4.35. The largest absolute Gasteiger partial charge is 0.365 e. The molecule has 3 N–H and O–H groups in total. The molecule has 1 aromatic heterocycles. The Hall–Kier alpha value is -3.93. The summed E-state index contributed by atoms with van der Waals surface area (Å²) in [6.45, 7) is 2.15. The maximum atomic E-state index is 11.3. The number of carbonyl (C=O) groups excluding carboxylic acids is 1. The number of nitrogens with one attached hydrogen (secondary N) is 3. The fraction of sp³-hybridized carbons (Fsp3) is 0.0870. The van der Waals surface area contributed by atoms with Crippen LogP contribution in [-0.2, 0) is 11.3 Å². The van der Waals surface area contributed by atoms with Gasteiger partial charge >= 0.3 is 0 Å². The Kier molecular flexibility index (Phi) is 5.33. The monoisotopic (exact) mass is 383 g/mol. The summed E-state index contributed by atoms with van der Waals surface area (Å²) < 4.78 is 0. The molecular formula is C23H21N5O. The Labute approximate surface area is 169 Å². The molecule has 0 spiro atoms. The van der Waals surface area contributed by atoms with Crippen molar-refractivity contribution < 1.29 is 4.79 Å². The third kappa shape index (κ3) is 4.68. The number of aromatic nitrogens is 2. The normalized spacial score (nSPS) is 10.5. The lowest BCUT2D eigenvalue weighted by atomic mass is 10.2. The number of amides is 1. The van der Waals surface area contributed by atoms with E-state index in [2.05, 4.69) is 38.1 Å². The summed E-state index contributed by atoms with van der Waals surface area (Å²) >= 11 is 0. The highest BCUT2D eigenvalue weighted by Crippen LogP contribution is 2.25. The SMILES string of the molecule is CC(=O)Nc1cccc(Nc2nc(NCc3ccccc3)c3ccccc3n2)c1. The van der Waals surface area contributed by atoms with Gasteiger partial charge in [-0.2, -0.15) is 4.98 Å². The average molecular weight is 383 g/mol. The first kappa shape index (κ1) is 18.4. The summed E-state index contributed by atoms with van der Waals surface area (Å²) in [6, 6.07) is 25.5. The number of rotatable bonds is 6. The quantitative estimate of drug-likeness (QED) is 0.439. The van der Waals surface area contributed by atoms with Crippen LogP contribution in [0.4, 0.5) is 23.1 Å². The number of hydrogen-bond acceptors (Lipinski definition) is 5. The van der Waals surface area contributed by atoms with Gasteiger partial charge in [0.2, 0.25) is 11.9 Å². The lowest BCUT2D eigenvalue weighted by Crippen LogP contribution is -2.07. The maximum Gasteiger partial charge on any atom is 0.229 e. The molecule has 0 aliphatic rings. The molecule has 6 nitrogen and oxygen atoms in total. The van der Waals surface area contributed by atoms with Crippen molar-refractivity contribution in [3.8, 4) is 0 Å². The van der Waals surface area contributed by atoms with Gasteiger partial charge in [-0.3, -0.25) is 4.79 Å². The van der Waals surface area contributed by atoms with Gasteiger partial charge in [0.15, 0.2) is 0 Å². The van der Waals surface area contributed by atoms with Crippen molar-refractivity contribution in [2.75, 3.05) is 16.0 Å². The van der Waals surface area contributed by atoms with E-state index in [1.54, 1.807) is 0 Å². The second-order valence-corrected chi connectivity index (χ2v) is 6.64. The van der Waals surface area contributed by atoms with Crippen LogP contribution in [0.15, 0.2) is 78.9 Å². The minimum absolute atomic E-state index is 0.114. The highest BCUT2D eigenvalue weighted by Gasteiger charge is 2.08. The first-order valence-corrected chi connectivity index (χ1v) is 9.37. The van der Waals surface area contributed by atoms with Gasteiger partial charge in [0.05, 0.1) is 5.52 Å². The average Bonchev–Trinajstić information content (AvgIpc) is 2.72. The Bertz CT molecular complexity index is 1140. The molecule has 1 heterocycles. The number of nitrogens with zero attached hydrogens (tertiary/aromatic N) is 2. The van der Waals surface area contributed by atoms with Gasteiger partial charge in [0.25, 0.3) is 0 Å². The molecule has 0 saturated heterocycles. The summed E-state index contributed by atoms with van der Waals surface area (Å²) in [7, 11) is 0. The van der Waals surface area contributed by atoms with E-state index in [1.165, 1.54) is 12.5 Å². The minimum atomic E-state index is -0.114. The molecule has 0 aliphatic carbocycles. The molecule has 0 bridgehead atoms. The molecule has 1 amide bonds. The third-order valence-electron chi connectivity index (χ3n) is 4.35. The van der Waals surface area contributed by atoms with Crippen molar-refractivity contribution in [3.05, 3.63) is 84.4 Å². The zero-order valence-electron chi connectivity index (χ0n) is 16.0. The van der Waals surface area contributed by atoms with Gasteiger partial charge < -0.3 is 16.0 Å². The van der Waals surface area contributed by atoms with E-state index in [1.807, 2.05) is 66.7 Å². The lowest BCUT2D eigenvalue weighted by Gasteiger charge is -2.12. The fourth-order valence-corrected chi connectivity index (χ4v) is 3.06. The second kappa shape index (κ2) is 8.39. The molecule has 4 aromatic rings. The van der Waals surface area contributed by atoms with Crippen LogP contribution in [0.25, 0.3) is 10.9 Å². The molecule has 3 aromatic carbocycles. The predicted octanol–water partition coefficient (Wildman–Crippen LogP) is 4.94. The summed E-state index contributed by atoms with van der Waals surface area (Å²) in [5, 5.41) is 10.4. The van der Waals surface area contributed by atoms with Crippen LogP contribution in [0.1, 0.15) is 12.5 Å². The van der Waals surface area contributed by atoms with E-state index < -0.39 is 0 Å². The van der Waals surface area contributed by atoms with Gasteiger partial charge in [0, 0.05) is 30.2 Å². The van der Waals surface area contributed by atoms with Crippen molar-refractivity contribution in [1.29, 1.82) is 0 Å². The van der Waals surface area contributed by atoms with E-state index in [0.717, 1.165) is 22.4 Å². The Morgan fingerprint density at radius 2 is 1.62 bits per heavy atom. The van der Waals surface area contributed by atoms with Crippen LogP contribution in [0.2, 0.25) is 0 Å². The molecule has 0 aliphatic heterocycles. The van der Waals surface area contributed by atoms with Crippen LogP contribution in [0, 0.1) is 0 Å². The van der Waals surface area contributed by atoms with Crippen molar-refractivity contribution in [3.63, 3.8) is 0 Å². The predicted molar refractivity (Wildman–Crippen MR) is 117 cm³/mol. The fourth-order valence-electron chi connectivity index (χ4n) is 3.06. The highest BCUT2D eigenvalue weighted by atomic mass is 16.1. The number of carbonyl (C=O) groups is 1. The van der Waals surface area contributed by atoms with E-state index in [9.17, 15) is 4.79 Å². The van der Waals surface area contributed by atoms with E-state index >= 15 is 0 Å². The van der Waals surface area contributed by atoms with Crippen molar-refractivity contribution >= 4 is 40.0 Å². The van der Waals surface area contributed by atoms with Gasteiger partial charge in [-0.25, -0.2) is 4.98 Å². The van der Waals surface area contributed by atoms with E-state index in [4.69, 9.17) is 0 Å². The Morgan fingerprint density at radius 3 is 2.45 bits per heavy atom. The first-order valence-electron chi connectivity index (χ1n) is 9.37. The zero-order valence-corrected chi connectivity index (χ0v) is 16.0. The maximum absolute atomic E-state index is 11.3. The molecule has 0 atom stereocenters. The first-order chi connectivity index (χ1) is 14.2. The number of anilines is 4. The molecule has 4 rings (SSSR count). The van der Waals surface area contributed by atoms with Crippen LogP contribution in [0.5, 0.6) is 0 Å². The summed E-state index contributed by atoms with van der Waals surface area (Å²) in [4.78, 5) is 20.6. The second-order valence-electron chi connectivity index (χ2n) is 6.64. The van der Waals surface area contributed by atoms with Crippen LogP contribution < -0.4 is 16.0 Å². The topological polar surface area (TPSA) is 78.9 Å². The molecule has 144 valence electrons. The number of hydrogen-bond donors (Lipinski definition) is 3. The van der Waals surface area contributed by atoms with Crippen molar-refractivity contribution in [2.45, 2.75) is 13.5 Å². The molecule has 29 heavy (non-hydrogen) atoms. The standard InChI is InChI=1S/C23H21N5O/c1-16(29)25-18-10-7-11-19(14-18)26-23-27-21-13-6-5-12-20(21)22(28-23)24-15-17-8-3-2-4-9-17/h2-14H,15H2,1H3,(H,25,29)(H2,24,26,27,28). The van der Waals surface area contributed by atoms with Crippen LogP contribution in [-0.4, -0.2) is 15.9 Å².